The van der Waals surface area contributed by atoms with Crippen molar-refractivity contribution < 1.29 is 0 Å². The second-order valence-corrected chi connectivity index (χ2v) is 3.77. The molecule has 0 nitrogen and oxygen atoms in total. The van der Waals surface area contributed by atoms with Crippen molar-refractivity contribution >= 4 is 0 Å². The van der Waals surface area contributed by atoms with Crippen LogP contribution in [0.4, 0.5) is 0 Å². The van der Waals surface area contributed by atoms with Gasteiger partial charge in [-0.1, -0.05) is 39.7 Å². The van der Waals surface area contributed by atoms with E-state index in [0.717, 1.165) is 11.8 Å². The molecular weight excluding hydrogens is 132 g/mol. The summed E-state index contributed by atoms with van der Waals surface area (Å²) in [5.74, 6) is 1.74. The lowest BCUT2D eigenvalue weighted by atomic mass is 9.93. The first-order valence-electron chi connectivity index (χ1n) is 4.81. The molecule has 0 aliphatic heterocycles. The van der Waals surface area contributed by atoms with Gasteiger partial charge in [0.25, 0.3) is 0 Å². The van der Waals surface area contributed by atoms with Gasteiger partial charge < -0.3 is 0 Å². The van der Waals surface area contributed by atoms with Crippen LogP contribution in [0.2, 0.25) is 0 Å². The third-order valence-corrected chi connectivity index (χ3v) is 2.23. The Morgan fingerprint density at radius 3 is 2.27 bits per heavy atom. The Hall–Kier alpha value is -0.260. The molecule has 0 unspecified atom stereocenters. The van der Waals surface area contributed by atoms with Crippen molar-refractivity contribution in [2.45, 2.75) is 46.5 Å². The minimum atomic E-state index is 0.855. The molecule has 0 heterocycles. The van der Waals surface area contributed by atoms with E-state index in [1.807, 2.05) is 0 Å². The third kappa shape index (κ3) is 6.15. The van der Waals surface area contributed by atoms with Crippen molar-refractivity contribution in [3.63, 3.8) is 0 Å². The predicted molar refractivity (Wildman–Crippen MR) is 52.7 cm³/mol. The standard InChI is InChI=1S/C11H22/c1-5-7-11(6-2)9-8-10(3)4/h5,10-11H,1,6-9H2,2-4H3/t11-/m1/s1. The van der Waals surface area contributed by atoms with Gasteiger partial charge in [-0.25, -0.2) is 0 Å². The fourth-order valence-electron chi connectivity index (χ4n) is 1.29. The highest BCUT2D eigenvalue weighted by Crippen LogP contribution is 2.18. The Balaban J connectivity index is 3.43. The van der Waals surface area contributed by atoms with Gasteiger partial charge in [-0.05, 0) is 24.7 Å². The molecule has 0 aromatic rings. The van der Waals surface area contributed by atoms with Gasteiger partial charge in [-0.2, -0.15) is 0 Å². The van der Waals surface area contributed by atoms with Crippen molar-refractivity contribution in [2.24, 2.45) is 11.8 Å². The average Bonchev–Trinajstić information content (AvgIpc) is 1.97. The molecule has 0 aromatic heterocycles. The van der Waals surface area contributed by atoms with E-state index in [9.17, 15) is 0 Å². The Morgan fingerprint density at radius 1 is 1.27 bits per heavy atom. The van der Waals surface area contributed by atoms with E-state index in [2.05, 4.69) is 33.4 Å². The van der Waals surface area contributed by atoms with E-state index in [4.69, 9.17) is 0 Å². The second-order valence-electron chi connectivity index (χ2n) is 3.77. The summed E-state index contributed by atoms with van der Waals surface area (Å²) in [7, 11) is 0. The van der Waals surface area contributed by atoms with Crippen molar-refractivity contribution in [1.82, 2.24) is 0 Å². The first-order valence-corrected chi connectivity index (χ1v) is 4.81. The highest BCUT2D eigenvalue weighted by atomic mass is 14.1. The highest BCUT2D eigenvalue weighted by Gasteiger charge is 2.04. The van der Waals surface area contributed by atoms with Crippen LogP contribution in [0.3, 0.4) is 0 Å². The second kappa shape index (κ2) is 6.45. The van der Waals surface area contributed by atoms with Crippen LogP contribution in [-0.2, 0) is 0 Å². The SMILES string of the molecule is C=CC[C@@H](CC)CCC(C)C. The van der Waals surface area contributed by atoms with Gasteiger partial charge in [0.05, 0.1) is 0 Å². The lowest BCUT2D eigenvalue weighted by molar-refractivity contribution is 0.416. The fraction of sp³-hybridized carbons (Fsp3) is 0.818. The van der Waals surface area contributed by atoms with Crippen LogP contribution in [0, 0.1) is 11.8 Å². The van der Waals surface area contributed by atoms with E-state index < -0.39 is 0 Å². The van der Waals surface area contributed by atoms with Crippen LogP contribution in [-0.4, -0.2) is 0 Å². The smallest absolute Gasteiger partial charge is 0.0325 e. The van der Waals surface area contributed by atoms with Crippen LogP contribution < -0.4 is 0 Å². The van der Waals surface area contributed by atoms with Gasteiger partial charge in [0.1, 0.15) is 0 Å². The summed E-state index contributed by atoms with van der Waals surface area (Å²) in [5.41, 5.74) is 0. The molecule has 0 heteroatoms. The van der Waals surface area contributed by atoms with E-state index in [1.54, 1.807) is 0 Å². The Labute approximate surface area is 71.7 Å². The molecular formula is C11H22. The summed E-state index contributed by atoms with van der Waals surface area (Å²) < 4.78 is 0. The van der Waals surface area contributed by atoms with Gasteiger partial charge in [0, 0.05) is 0 Å². The number of rotatable bonds is 6. The third-order valence-electron chi connectivity index (χ3n) is 2.23. The number of hydrogen-bond acceptors (Lipinski definition) is 0. The number of allylic oxidation sites excluding steroid dienone is 1. The van der Waals surface area contributed by atoms with E-state index in [-0.39, 0.29) is 0 Å². The van der Waals surface area contributed by atoms with Gasteiger partial charge in [-0.15, -0.1) is 6.58 Å². The van der Waals surface area contributed by atoms with Crippen LogP contribution in [0.5, 0.6) is 0 Å². The average molecular weight is 154 g/mol. The normalized spacial score (nSPS) is 13.5. The van der Waals surface area contributed by atoms with Crippen molar-refractivity contribution in [2.75, 3.05) is 0 Å². The van der Waals surface area contributed by atoms with Gasteiger partial charge in [-0.3, -0.25) is 0 Å². The van der Waals surface area contributed by atoms with Crippen LogP contribution in [0.1, 0.15) is 46.5 Å². The maximum Gasteiger partial charge on any atom is -0.0325 e. The zero-order valence-electron chi connectivity index (χ0n) is 8.27. The van der Waals surface area contributed by atoms with E-state index >= 15 is 0 Å². The molecule has 0 bridgehead atoms. The maximum absolute atomic E-state index is 3.78. The number of hydrogen-bond donors (Lipinski definition) is 0. The predicted octanol–water partition coefficient (Wildman–Crippen LogP) is 4.02. The topological polar surface area (TPSA) is 0 Å². The summed E-state index contributed by atoms with van der Waals surface area (Å²) in [5, 5.41) is 0. The molecule has 0 N–H and O–H groups in total. The molecule has 0 spiro atoms. The van der Waals surface area contributed by atoms with Crippen molar-refractivity contribution in [3.8, 4) is 0 Å². The first kappa shape index (κ1) is 10.7. The molecule has 0 radical (unpaired) electrons. The molecule has 0 saturated heterocycles. The Kier molecular flexibility index (Phi) is 6.30. The van der Waals surface area contributed by atoms with Gasteiger partial charge in [0.15, 0.2) is 0 Å². The molecule has 0 rings (SSSR count). The van der Waals surface area contributed by atoms with Crippen LogP contribution >= 0.6 is 0 Å². The Bertz CT molecular complexity index is 92.2. The van der Waals surface area contributed by atoms with Crippen molar-refractivity contribution in [1.29, 1.82) is 0 Å². The highest BCUT2D eigenvalue weighted by molar-refractivity contribution is 4.72. The van der Waals surface area contributed by atoms with Gasteiger partial charge >= 0.3 is 0 Å². The molecule has 0 aromatic carbocycles. The largest absolute Gasteiger partial charge is 0.103 e. The Morgan fingerprint density at radius 2 is 1.91 bits per heavy atom. The molecule has 0 saturated carbocycles. The lowest BCUT2D eigenvalue weighted by Crippen LogP contribution is -1.99. The molecule has 0 aliphatic rings. The van der Waals surface area contributed by atoms with Crippen LogP contribution in [0.15, 0.2) is 12.7 Å². The van der Waals surface area contributed by atoms with E-state index in [1.165, 1.54) is 25.7 Å². The monoisotopic (exact) mass is 154 g/mol. The summed E-state index contributed by atoms with van der Waals surface area (Å²) in [6.07, 6.45) is 7.29. The quantitative estimate of drug-likeness (QED) is 0.507. The zero-order chi connectivity index (χ0) is 8.69. The summed E-state index contributed by atoms with van der Waals surface area (Å²) in [6.45, 7) is 10.6. The van der Waals surface area contributed by atoms with Crippen LogP contribution in [0.25, 0.3) is 0 Å². The minimum Gasteiger partial charge on any atom is -0.103 e. The molecule has 66 valence electrons. The molecule has 1 atom stereocenters. The summed E-state index contributed by atoms with van der Waals surface area (Å²) >= 11 is 0. The zero-order valence-corrected chi connectivity index (χ0v) is 8.27. The summed E-state index contributed by atoms with van der Waals surface area (Å²) in [6, 6.07) is 0. The lowest BCUT2D eigenvalue weighted by Gasteiger charge is -2.13. The van der Waals surface area contributed by atoms with E-state index in [0.29, 0.717) is 0 Å². The molecule has 0 aliphatic carbocycles. The molecule has 11 heavy (non-hydrogen) atoms. The maximum atomic E-state index is 3.78. The molecule has 0 fully saturated rings. The van der Waals surface area contributed by atoms with Crippen molar-refractivity contribution in [3.05, 3.63) is 12.7 Å². The minimum absolute atomic E-state index is 0.855. The molecule has 0 amide bonds. The summed E-state index contributed by atoms with van der Waals surface area (Å²) in [4.78, 5) is 0. The van der Waals surface area contributed by atoms with Gasteiger partial charge in [0.2, 0.25) is 0 Å². The fourth-order valence-corrected chi connectivity index (χ4v) is 1.29. The first-order chi connectivity index (χ1) is 5.20.